The van der Waals surface area contributed by atoms with E-state index in [1.807, 2.05) is 13.8 Å². The van der Waals surface area contributed by atoms with Gasteiger partial charge in [0.15, 0.2) is 0 Å². The lowest BCUT2D eigenvalue weighted by Crippen LogP contribution is -2.27. The predicted molar refractivity (Wildman–Crippen MR) is 72.7 cm³/mol. The lowest BCUT2D eigenvalue weighted by atomic mass is 10.2. The van der Waals surface area contributed by atoms with E-state index in [2.05, 4.69) is 21.2 Å². The molecule has 0 aliphatic heterocycles. The van der Waals surface area contributed by atoms with Crippen LogP contribution in [0.5, 0.6) is 0 Å². The highest BCUT2D eigenvalue weighted by Gasteiger charge is 2.16. The van der Waals surface area contributed by atoms with E-state index in [-0.39, 0.29) is 16.4 Å². The molecule has 0 saturated carbocycles. The SMILES string of the molecule is CC(C)CNC(=O)c1ccc(Br)c(S(N)(=O)=O)c1. The Morgan fingerprint density at radius 1 is 1.44 bits per heavy atom. The lowest BCUT2D eigenvalue weighted by Gasteiger charge is -2.09. The van der Waals surface area contributed by atoms with E-state index >= 15 is 0 Å². The molecule has 1 rings (SSSR count). The molecule has 1 amide bonds. The van der Waals surface area contributed by atoms with Gasteiger partial charge >= 0.3 is 0 Å². The van der Waals surface area contributed by atoms with Crippen LogP contribution in [0.15, 0.2) is 27.6 Å². The van der Waals surface area contributed by atoms with Crippen LogP contribution in [0.3, 0.4) is 0 Å². The van der Waals surface area contributed by atoms with Crippen molar-refractivity contribution in [2.45, 2.75) is 18.7 Å². The minimum atomic E-state index is -3.85. The number of benzene rings is 1. The average Bonchev–Trinajstić information content (AvgIpc) is 2.24. The summed E-state index contributed by atoms with van der Waals surface area (Å²) in [6.45, 7) is 4.47. The molecule has 0 spiro atoms. The molecule has 18 heavy (non-hydrogen) atoms. The van der Waals surface area contributed by atoms with E-state index in [1.54, 1.807) is 0 Å². The van der Waals surface area contributed by atoms with E-state index in [4.69, 9.17) is 5.14 Å². The van der Waals surface area contributed by atoms with Gasteiger partial charge in [-0.1, -0.05) is 13.8 Å². The van der Waals surface area contributed by atoms with Crippen molar-refractivity contribution in [3.8, 4) is 0 Å². The zero-order chi connectivity index (χ0) is 13.9. The molecule has 0 aromatic heterocycles. The first-order valence-corrected chi connectivity index (χ1v) is 7.66. The number of carbonyl (C=O) groups excluding carboxylic acids is 1. The summed E-state index contributed by atoms with van der Waals surface area (Å²) in [6, 6.07) is 4.29. The topological polar surface area (TPSA) is 89.3 Å². The van der Waals surface area contributed by atoms with Gasteiger partial charge in [-0.05, 0) is 40.0 Å². The van der Waals surface area contributed by atoms with Gasteiger partial charge in [0.1, 0.15) is 0 Å². The molecule has 0 unspecified atom stereocenters. The highest BCUT2D eigenvalue weighted by Crippen LogP contribution is 2.22. The normalized spacial score (nSPS) is 11.6. The summed E-state index contributed by atoms with van der Waals surface area (Å²) in [7, 11) is -3.85. The summed E-state index contributed by atoms with van der Waals surface area (Å²) in [5.41, 5.74) is 0.267. The van der Waals surface area contributed by atoms with Crippen molar-refractivity contribution in [1.82, 2.24) is 5.32 Å². The maximum Gasteiger partial charge on any atom is 0.251 e. The van der Waals surface area contributed by atoms with Crippen LogP contribution in [-0.4, -0.2) is 20.9 Å². The molecular formula is C11H15BrN2O3S. The molecule has 0 saturated heterocycles. The second-order valence-electron chi connectivity index (χ2n) is 4.29. The number of primary sulfonamides is 1. The molecule has 0 fully saturated rings. The van der Waals surface area contributed by atoms with Crippen molar-refractivity contribution >= 4 is 31.9 Å². The highest BCUT2D eigenvalue weighted by molar-refractivity contribution is 9.10. The summed E-state index contributed by atoms with van der Waals surface area (Å²) in [4.78, 5) is 11.7. The molecule has 1 aromatic rings. The van der Waals surface area contributed by atoms with Gasteiger partial charge in [-0.2, -0.15) is 0 Å². The zero-order valence-electron chi connectivity index (χ0n) is 10.1. The van der Waals surface area contributed by atoms with Crippen molar-refractivity contribution < 1.29 is 13.2 Å². The second-order valence-corrected chi connectivity index (χ2v) is 6.68. The number of rotatable bonds is 4. The van der Waals surface area contributed by atoms with E-state index in [1.165, 1.54) is 18.2 Å². The molecule has 0 aliphatic carbocycles. The van der Waals surface area contributed by atoms with Gasteiger partial charge in [-0.15, -0.1) is 0 Å². The minimum absolute atomic E-state index is 0.0975. The van der Waals surface area contributed by atoms with Crippen molar-refractivity contribution in [3.05, 3.63) is 28.2 Å². The van der Waals surface area contributed by atoms with Gasteiger partial charge in [-0.25, -0.2) is 13.6 Å². The predicted octanol–water partition coefficient (Wildman–Crippen LogP) is 1.48. The van der Waals surface area contributed by atoms with Gasteiger partial charge in [0.25, 0.3) is 5.91 Å². The first-order chi connectivity index (χ1) is 8.21. The molecule has 0 aliphatic rings. The van der Waals surface area contributed by atoms with Gasteiger partial charge in [0.05, 0.1) is 4.90 Å². The Balaban J connectivity index is 3.02. The van der Waals surface area contributed by atoms with E-state index < -0.39 is 10.0 Å². The Hall–Kier alpha value is -0.920. The molecule has 5 nitrogen and oxygen atoms in total. The zero-order valence-corrected chi connectivity index (χ0v) is 12.5. The quantitative estimate of drug-likeness (QED) is 0.873. The van der Waals surface area contributed by atoms with Gasteiger partial charge < -0.3 is 5.32 Å². The summed E-state index contributed by atoms with van der Waals surface area (Å²) in [5.74, 6) is 0.00297. The number of halogens is 1. The molecule has 1 aromatic carbocycles. The summed E-state index contributed by atoms with van der Waals surface area (Å²) in [6.07, 6.45) is 0. The van der Waals surface area contributed by atoms with Crippen LogP contribution in [0.2, 0.25) is 0 Å². The number of carbonyl (C=O) groups is 1. The van der Waals surface area contributed by atoms with Crippen LogP contribution in [0.1, 0.15) is 24.2 Å². The Kier molecular flexibility index (Phi) is 4.89. The fourth-order valence-corrected chi connectivity index (χ4v) is 2.82. The number of hydrogen-bond acceptors (Lipinski definition) is 3. The van der Waals surface area contributed by atoms with Crippen LogP contribution in [-0.2, 0) is 10.0 Å². The lowest BCUT2D eigenvalue weighted by molar-refractivity contribution is 0.0949. The van der Waals surface area contributed by atoms with Crippen molar-refractivity contribution in [1.29, 1.82) is 0 Å². The molecule has 0 bridgehead atoms. The van der Waals surface area contributed by atoms with Crippen LogP contribution < -0.4 is 10.5 Å². The summed E-state index contributed by atoms with van der Waals surface area (Å²) < 4.78 is 23.0. The van der Waals surface area contributed by atoms with Gasteiger partial charge in [0.2, 0.25) is 10.0 Å². The first-order valence-electron chi connectivity index (χ1n) is 5.32. The highest BCUT2D eigenvalue weighted by atomic mass is 79.9. The fourth-order valence-electron chi connectivity index (χ4n) is 1.26. The molecule has 100 valence electrons. The molecule has 7 heteroatoms. The summed E-state index contributed by atoms with van der Waals surface area (Å²) in [5, 5.41) is 7.77. The molecule has 0 radical (unpaired) electrons. The van der Waals surface area contributed by atoms with E-state index in [9.17, 15) is 13.2 Å². The number of nitrogens with two attached hydrogens (primary N) is 1. The van der Waals surface area contributed by atoms with Crippen molar-refractivity contribution in [2.24, 2.45) is 11.1 Å². The Morgan fingerprint density at radius 2 is 2.06 bits per heavy atom. The number of hydrogen-bond donors (Lipinski definition) is 2. The van der Waals surface area contributed by atoms with Crippen LogP contribution in [0.25, 0.3) is 0 Å². The third-order valence-electron chi connectivity index (χ3n) is 2.17. The van der Waals surface area contributed by atoms with Crippen LogP contribution in [0.4, 0.5) is 0 Å². The molecular weight excluding hydrogens is 320 g/mol. The van der Waals surface area contributed by atoms with Crippen LogP contribution >= 0.6 is 15.9 Å². The average molecular weight is 335 g/mol. The smallest absolute Gasteiger partial charge is 0.251 e. The largest absolute Gasteiger partial charge is 0.352 e. The Bertz CT molecular complexity index is 555. The third-order valence-corrected chi connectivity index (χ3v) is 4.08. The van der Waals surface area contributed by atoms with Crippen molar-refractivity contribution in [3.63, 3.8) is 0 Å². The Morgan fingerprint density at radius 3 is 2.56 bits per heavy atom. The summed E-state index contributed by atoms with van der Waals surface area (Å²) >= 11 is 3.09. The Labute approximate surface area is 115 Å². The molecule has 3 N–H and O–H groups in total. The fraction of sp³-hybridized carbons (Fsp3) is 0.364. The first kappa shape index (κ1) is 15.1. The number of sulfonamides is 1. The van der Waals surface area contributed by atoms with Crippen molar-refractivity contribution in [2.75, 3.05) is 6.54 Å². The van der Waals surface area contributed by atoms with E-state index in [0.717, 1.165) is 0 Å². The van der Waals surface area contributed by atoms with Gasteiger partial charge in [0, 0.05) is 16.6 Å². The number of nitrogens with one attached hydrogen (secondary N) is 1. The monoisotopic (exact) mass is 334 g/mol. The number of amides is 1. The third kappa shape index (κ3) is 4.08. The van der Waals surface area contributed by atoms with Gasteiger partial charge in [-0.3, -0.25) is 4.79 Å². The maximum atomic E-state index is 11.8. The maximum absolute atomic E-state index is 11.8. The standard InChI is InChI=1S/C11H15BrN2O3S/c1-7(2)6-14-11(15)8-3-4-9(12)10(5-8)18(13,16)17/h3-5,7H,6H2,1-2H3,(H,14,15)(H2,13,16,17). The minimum Gasteiger partial charge on any atom is -0.352 e. The molecule has 0 heterocycles. The van der Waals surface area contributed by atoms with Crippen LogP contribution in [0, 0.1) is 5.92 Å². The second kappa shape index (κ2) is 5.81. The molecule has 0 atom stereocenters. The van der Waals surface area contributed by atoms with E-state index in [0.29, 0.717) is 16.9 Å².